The zero-order chi connectivity index (χ0) is 13.6. The number of nitrogens with zero attached hydrogens (tertiary/aromatic N) is 4. The Hall–Kier alpha value is -2.03. The molecule has 19 heavy (non-hydrogen) atoms. The van der Waals surface area contributed by atoms with Crippen LogP contribution in [0.4, 0.5) is 5.82 Å². The van der Waals surface area contributed by atoms with Gasteiger partial charge in [0.25, 0.3) is 0 Å². The predicted octanol–water partition coefficient (Wildman–Crippen LogP) is -1.40. The summed E-state index contributed by atoms with van der Waals surface area (Å²) in [5, 5.41) is 28.9. The SMILES string of the molecule is Nc1ncnc2c1ncn2[C@@H]1C=C(CO)[C@H](O)C1O. The second-order valence-electron chi connectivity index (χ2n) is 4.41. The average Bonchev–Trinajstić information content (AvgIpc) is 2.94. The van der Waals surface area contributed by atoms with Crippen molar-refractivity contribution in [2.24, 2.45) is 0 Å². The Morgan fingerprint density at radius 2 is 2.05 bits per heavy atom. The third-order valence-corrected chi connectivity index (χ3v) is 3.33. The smallest absolute Gasteiger partial charge is 0.166 e. The molecule has 0 radical (unpaired) electrons. The van der Waals surface area contributed by atoms with Gasteiger partial charge in [-0.05, 0) is 5.57 Å². The molecule has 2 heterocycles. The van der Waals surface area contributed by atoms with Crippen LogP contribution in [0.2, 0.25) is 0 Å². The highest BCUT2D eigenvalue weighted by Gasteiger charge is 2.36. The topological polar surface area (TPSA) is 130 Å². The molecule has 1 aliphatic rings. The standard InChI is InChI=1S/C11H13N5O3/c12-10-7-11(14-3-13-10)16(4-15-7)6-1-5(2-17)8(18)9(6)19/h1,3-4,6,8-9,17-19H,2H2,(H2,12,13,14)/t6-,8+,9?/m1/s1. The number of aromatic nitrogens is 4. The van der Waals surface area contributed by atoms with Crippen LogP contribution in [0, 0.1) is 0 Å². The van der Waals surface area contributed by atoms with Crippen molar-refractivity contribution in [1.29, 1.82) is 0 Å². The van der Waals surface area contributed by atoms with Crippen LogP contribution in [0.3, 0.4) is 0 Å². The van der Waals surface area contributed by atoms with Gasteiger partial charge in [0.1, 0.15) is 24.1 Å². The van der Waals surface area contributed by atoms with Gasteiger partial charge >= 0.3 is 0 Å². The average molecular weight is 263 g/mol. The molecule has 5 N–H and O–H groups in total. The molecular weight excluding hydrogens is 250 g/mol. The van der Waals surface area contributed by atoms with Gasteiger partial charge in [0.05, 0.1) is 19.0 Å². The number of aliphatic hydroxyl groups is 3. The molecule has 1 unspecified atom stereocenters. The minimum atomic E-state index is -1.09. The highest BCUT2D eigenvalue weighted by atomic mass is 16.3. The summed E-state index contributed by atoms with van der Waals surface area (Å²) in [6.45, 7) is -0.307. The van der Waals surface area contributed by atoms with Crippen LogP contribution in [-0.2, 0) is 0 Å². The molecule has 0 aromatic carbocycles. The summed E-state index contributed by atoms with van der Waals surface area (Å²) in [6.07, 6.45) is 2.24. The molecule has 2 aromatic rings. The zero-order valence-corrected chi connectivity index (χ0v) is 9.88. The summed E-state index contributed by atoms with van der Waals surface area (Å²) in [6, 6.07) is -0.545. The van der Waals surface area contributed by atoms with E-state index in [0.717, 1.165) is 0 Å². The van der Waals surface area contributed by atoms with E-state index in [0.29, 0.717) is 16.7 Å². The molecule has 0 saturated carbocycles. The molecule has 0 aliphatic heterocycles. The van der Waals surface area contributed by atoms with Crippen molar-refractivity contribution >= 4 is 17.0 Å². The van der Waals surface area contributed by atoms with Gasteiger partial charge in [-0.15, -0.1) is 0 Å². The molecule has 0 saturated heterocycles. The van der Waals surface area contributed by atoms with Crippen molar-refractivity contribution in [3.05, 3.63) is 24.3 Å². The minimum absolute atomic E-state index is 0.253. The van der Waals surface area contributed by atoms with Crippen molar-refractivity contribution in [2.75, 3.05) is 12.3 Å². The number of hydrogen-bond donors (Lipinski definition) is 4. The molecule has 2 aromatic heterocycles. The molecule has 8 heteroatoms. The normalized spacial score (nSPS) is 26.9. The van der Waals surface area contributed by atoms with Crippen LogP contribution in [-0.4, -0.2) is 53.7 Å². The molecule has 3 atom stereocenters. The number of nitrogens with two attached hydrogens (primary N) is 1. The van der Waals surface area contributed by atoms with Crippen LogP contribution in [0.1, 0.15) is 6.04 Å². The zero-order valence-electron chi connectivity index (χ0n) is 9.88. The van der Waals surface area contributed by atoms with E-state index in [2.05, 4.69) is 15.0 Å². The third kappa shape index (κ3) is 1.69. The second-order valence-corrected chi connectivity index (χ2v) is 4.41. The lowest BCUT2D eigenvalue weighted by molar-refractivity contribution is 0.0287. The van der Waals surface area contributed by atoms with E-state index in [1.807, 2.05) is 0 Å². The van der Waals surface area contributed by atoms with E-state index in [4.69, 9.17) is 10.8 Å². The van der Waals surface area contributed by atoms with Crippen molar-refractivity contribution in [3.8, 4) is 0 Å². The number of fused-ring (bicyclic) bond motifs is 1. The third-order valence-electron chi connectivity index (χ3n) is 3.33. The first kappa shape index (κ1) is 12.0. The number of aliphatic hydroxyl groups excluding tert-OH is 3. The van der Waals surface area contributed by atoms with Gasteiger partial charge in [-0.3, -0.25) is 0 Å². The summed E-state index contributed by atoms with van der Waals surface area (Å²) in [5.74, 6) is 0.253. The van der Waals surface area contributed by atoms with E-state index < -0.39 is 18.2 Å². The van der Waals surface area contributed by atoms with E-state index in [-0.39, 0.29) is 12.4 Å². The molecule has 0 amide bonds. The van der Waals surface area contributed by atoms with Crippen LogP contribution >= 0.6 is 0 Å². The number of anilines is 1. The van der Waals surface area contributed by atoms with Crippen molar-refractivity contribution < 1.29 is 15.3 Å². The molecule has 1 aliphatic carbocycles. The van der Waals surface area contributed by atoms with Crippen molar-refractivity contribution in [2.45, 2.75) is 18.2 Å². The lowest BCUT2D eigenvalue weighted by Gasteiger charge is -2.18. The molecule has 100 valence electrons. The van der Waals surface area contributed by atoms with E-state index >= 15 is 0 Å². The highest BCUT2D eigenvalue weighted by Crippen LogP contribution is 2.31. The lowest BCUT2D eigenvalue weighted by atomic mass is 10.1. The Labute approximate surface area is 107 Å². The maximum atomic E-state index is 10.0. The quantitative estimate of drug-likeness (QED) is 0.490. The van der Waals surface area contributed by atoms with Crippen LogP contribution in [0.15, 0.2) is 24.3 Å². The van der Waals surface area contributed by atoms with E-state index in [1.165, 1.54) is 12.7 Å². The van der Waals surface area contributed by atoms with Crippen LogP contribution in [0.5, 0.6) is 0 Å². The molecule has 8 nitrogen and oxygen atoms in total. The fourth-order valence-corrected chi connectivity index (χ4v) is 2.30. The van der Waals surface area contributed by atoms with Gasteiger partial charge in [0, 0.05) is 0 Å². The fraction of sp³-hybridized carbons (Fsp3) is 0.364. The van der Waals surface area contributed by atoms with Gasteiger partial charge in [0.15, 0.2) is 11.5 Å². The summed E-state index contributed by atoms with van der Waals surface area (Å²) >= 11 is 0. The predicted molar refractivity (Wildman–Crippen MR) is 66.0 cm³/mol. The van der Waals surface area contributed by atoms with Crippen molar-refractivity contribution in [3.63, 3.8) is 0 Å². The Morgan fingerprint density at radius 3 is 2.74 bits per heavy atom. The first-order valence-corrected chi connectivity index (χ1v) is 5.74. The Kier molecular flexibility index (Phi) is 2.70. The highest BCUT2D eigenvalue weighted by molar-refractivity contribution is 5.81. The summed E-state index contributed by atoms with van der Waals surface area (Å²) in [4.78, 5) is 12.0. The Balaban J connectivity index is 2.11. The maximum Gasteiger partial charge on any atom is 0.166 e. The lowest BCUT2D eigenvalue weighted by Crippen LogP contribution is -2.30. The summed E-state index contributed by atoms with van der Waals surface area (Å²) in [5.41, 5.74) is 6.98. The summed E-state index contributed by atoms with van der Waals surface area (Å²) < 4.78 is 1.60. The number of imidazole rings is 1. The number of rotatable bonds is 2. The van der Waals surface area contributed by atoms with Gasteiger partial charge in [-0.2, -0.15) is 0 Å². The molecule has 0 spiro atoms. The van der Waals surface area contributed by atoms with Crippen LogP contribution in [0.25, 0.3) is 11.2 Å². The van der Waals surface area contributed by atoms with Crippen molar-refractivity contribution in [1.82, 2.24) is 19.5 Å². The van der Waals surface area contributed by atoms with E-state index in [1.54, 1.807) is 10.6 Å². The molecule has 0 bridgehead atoms. The first-order valence-electron chi connectivity index (χ1n) is 5.74. The molecule has 0 fully saturated rings. The summed E-state index contributed by atoms with van der Waals surface area (Å²) in [7, 11) is 0. The molecule has 3 rings (SSSR count). The monoisotopic (exact) mass is 263 g/mol. The second kappa shape index (κ2) is 4.26. The largest absolute Gasteiger partial charge is 0.392 e. The van der Waals surface area contributed by atoms with Gasteiger partial charge < -0.3 is 25.6 Å². The van der Waals surface area contributed by atoms with Gasteiger partial charge in [-0.25, -0.2) is 15.0 Å². The minimum Gasteiger partial charge on any atom is -0.392 e. The number of hydrogen-bond acceptors (Lipinski definition) is 7. The number of nitrogen functional groups attached to an aromatic ring is 1. The van der Waals surface area contributed by atoms with E-state index in [9.17, 15) is 10.2 Å². The Morgan fingerprint density at radius 1 is 1.26 bits per heavy atom. The fourth-order valence-electron chi connectivity index (χ4n) is 2.30. The molecular formula is C11H13N5O3. The Bertz CT molecular complexity index is 653. The van der Waals surface area contributed by atoms with Gasteiger partial charge in [-0.1, -0.05) is 6.08 Å². The van der Waals surface area contributed by atoms with Crippen LogP contribution < -0.4 is 5.73 Å². The first-order chi connectivity index (χ1) is 9.13. The maximum absolute atomic E-state index is 10.0. The van der Waals surface area contributed by atoms with Gasteiger partial charge in [0.2, 0.25) is 0 Å².